The molecule has 2 aliphatic heterocycles. The Bertz CT molecular complexity index is 405. The van der Waals surface area contributed by atoms with Crippen molar-refractivity contribution < 1.29 is 33.5 Å². The van der Waals surface area contributed by atoms with Crippen LogP contribution in [0.15, 0.2) is 0 Å². The number of aliphatic hydroxyl groups excluding tert-OH is 1. The number of fused-ring (bicyclic) bond motifs is 2. The third-order valence-electron chi connectivity index (χ3n) is 5.14. The highest BCUT2D eigenvalue weighted by Gasteiger charge is 2.66. The smallest absolute Gasteiger partial charge is 0.223 e. The minimum absolute atomic E-state index is 0.290. The highest BCUT2D eigenvalue weighted by molar-refractivity contribution is 5.03. The molecule has 3 fully saturated rings. The van der Waals surface area contributed by atoms with Crippen LogP contribution in [0.5, 0.6) is 0 Å². The molecule has 0 aromatic rings. The van der Waals surface area contributed by atoms with E-state index in [1.165, 1.54) is 7.11 Å². The molecule has 2 heterocycles. The monoisotopic (exact) mass is 318 g/mol. The molecule has 3 aliphatic rings. The standard InChI is InChI=1S/C15H26O7/c1-9-11-12(10(16)13(17-2)20-9)22-15(19-4)8-6-5-7-14(15,18-3)21-11/h9-13,16H,5-8H2,1-4H3/t9-,10+,11-,12-,13-,14+,15+/m0/s1. The number of ether oxygens (including phenoxy) is 6. The highest BCUT2D eigenvalue weighted by atomic mass is 16.8. The van der Waals surface area contributed by atoms with Gasteiger partial charge in [0.25, 0.3) is 0 Å². The van der Waals surface area contributed by atoms with Gasteiger partial charge in [-0.25, -0.2) is 0 Å². The summed E-state index contributed by atoms with van der Waals surface area (Å²) in [5.41, 5.74) is 0. The average molecular weight is 318 g/mol. The lowest BCUT2D eigenvalue weighted by atomic mass is 9.84. The predicted molar refractivity (Wildman–Crippen MR) is 75.0 cm³/mol. The second-order valence-corrected chi connectivity index (χ2v) is 6.22. The number of hydrogen-bond acceptors (Lipinski definition) is 7. The van der Waals surface area contributed by atoms with Gasteiger partial charge in [0.2, 0.25) is 11.6 Å². The first-order chi connectivity index (χ1) is 10.5. The highest BCUT2D eigenvalue weighted by Crippen LogP contribution is 2.50. The van der Waals surface area contributed by atoms with Crippen molar-refractivity contribution in [3.05, 3.63) is 0 Å². The van der Waals surface area contributed by atoms with Gasteiger partial charge in [-0.3, -0.25) is 0 Å². The van der Waals surface area contributed by atoms with E-state index >= 15 is 0 Å². The van der Waals surface area contributed by atoms with Crippen LogP contribution >= 0.6 is 0 Å². The van der Waals surface area contributed by atoms with Gasteiger partial charge in [-0.15, -0.1) is 0 Å². The molecule has 3 rings (SSSR count). The van der Waals surface area contributed by atoms with Crippen LogP contribution in [0.1, 0.15) is 32.6 Å². The molecule has 1 saturated carbocycles. The van der Waals surface area contributed by atoms with Gasteiger partial charge < -0.3 is 33.5 Å². The van der Waals surface area contributed by atoms with Crippen LogP contribution in [-0.2, 0) is 28.4 Å². The molecule has 7 nitrogen and oxygen atoms in total. The number of methoxy groups -OCH3 is 3. The zero-order valence-corrected chi connectivity index (χ0v) is 13.6. The van der Waals surface area contributed by atoms with Crippen molar-refractivity contribution in [2.24, 2.45) is 0 Å². The van der Waals surface area contributed by atoms with Gasteiger partial charge in [-0.1, -0.05) is 0 Å². The second kappa shape index (κ2) is 5.98. The van der Waals surface area contributed by atoms with Crippen molar-refractivity contribution in [3.8, 4) is 0 Å². The first-order valence-corrected chi connectivity index (χ1v) is 7.85. The van der Waals surface area contributed by atoms with Gasteiger partial charge in [0, 0.05) is 34.2 Å². The molecule has 22 heavy (non-hydrogen) atoms. The summed E-state index contributed by atoms with van der Waals surface area (Å²) in [4.78, 5) is 0. The molecule has 0 bridgehead atoms. The molecular formula is C15H26O7. The third-order valence-corrected chi connectivity index (χ3v) is 5.14. The summed E-state index contributed by atoms with van der Waals surface area (Å²) in [6.07, 6.45) is 0.243. The molecule has 1 N–H and O–H groups in total. The van der Waals surface area contributed by atoms with Gasteiger partial charge in [0.15, 0.2) is 6.29 Å². The topological polar surface area (TPSA) is 75.6 Å². The van der Waals surface area contributed by atoms with Crippen LogP contribution in [0.3, 0.4) is 0 Å². The molecule has 7 heteroatoms. The van der Waals surface area contributed by atoms with E-state index in [1.54, 1.807) is 14.2 Å². The fourth-order valence-corrected chi connectivity index (χ4v) is 3.93. The third kappa shape index (κ3) is 2.23. The van der Waals surface area contributed by atoms with Crippen LogP contribution in [0.4, 0.5) is 0 Å². The zero-order chi connectivity index (χ0) is 16.0. The number of hydrogen-bond donors (Lipinski definition) is 1. The molecule has 0 aromatic carbocycles. The van der Waals surface area contributed by atoms with E-state index in [2.05, 4.69) is 0 Å². The maximum absolute atomic E-state index is 10.5. The summed E-state index contributed by atoms with van der Waals surface area (Å²) in [7, 11) is 4.69. The van der Waals surface area contributed by atoms with Gasteiger partial charge in [0.05, 0.1) is 6.10 Å². The van der Waals surface area contributed by atoms with Crippen LogP contribution in [0, 0.1) is 0 Å². The first-order valence-electron chi connectivity index (χ1n) is 7.85. The van der Waals surface area contributed by atoms with Gasteiger partial charge in [-0.05, 0) is 19.8 Å². The molecule has 128 valence electrons. The molecule has 0 unspecified atom stereocenters. The van der Waals surface area contributed by atoms with E-state index in [1.807, 2.05) is 6.92 Å². The van der Waals surface area contributed by atoms with Crippen LogP contribution in [-0.4, -0.2) is 68.7 Å². The van der Waals surface area contributed by atoms with Crippen molar-refractivity contribution in [1.82, 2.24) is 0 Å². The average Bonchev–Trinajstić information content (AvgIpc) is 2.56. The summed E-state index contributed by atoms with van der Waals surface area (Å²) in [6, 6.07) is 0. The minimum Gasteiger partial charge on any atom is -0.385 e. The molecule has 0 spiro atoms. The Balaban J connectivity index is 1.94. The molecule has 0 amide bonds. The molecule has 7 atom stereocenters. The Kier molecular flexibility index (Phi) is 4.50. The molecular weight excluding hydrogens is 292 g/mol. The van der Waals surface area contributed by atoms with Crippen LogP contribution < -0.4 is 0 Å². The molecule has 0 radical (unpaired) electrons. The SMILES string of the molecule is CO[C@H]1O[C@@H](C)[C@@H]2O[C@]3(OC)CCCC[C@@]3(OC)O[C@H]2[C@H]1O. The van der Waals surface area contributed by atoms with Crippen molar-refractivity contribution in [2.75, 3.05) is 21.3 Å². The van der Waals surface area contributed by atoms with E-state index < -0.39 is 36.2 Å². The lowest BCUT2D eigenvalue weighted by molar-refractivity contribution is -0.494. The van der Waals surface area contributed by atoms with Gasteiger partial charge in [-0.2, -0.15) is 0 Å². The van der Waals surface area contributed by atoms with Crippen LogP contribution in [0.25, 0.3) is 0 Å². The first kappa shape index (κ1) is 16.6. The van der Waals surface area contributed by atoms with Gasteiger partial charge >= 0.3 is 0 Å². The fourth-order valence-electron chi connectivity index (χ4n) is 3.93. The van der Waals surface area contributed by atoms with Crippen molar-refractivity contribution in [3.63, 3.8) is 0 Å². The van der Waals surface area contributed by atoms with Crippen molar-refractivity contribution in [2.45, 2.75) is 74.9 Å². The fraction of sp³-hybridized carbons (Fsp3) is 1.00. The number of aliphatic hydroxyl groups is 1. The predicted octanol–water partition coefficient (Wildman–Crippen LogP) is 0.782. The Labute approximate surface area is 130 Å². The zero-order valence-electron chi connectivity index (χ0n) is 13.6. The summed E-state index contributed by atoms with van der Waals surface area (Å²) in [5, 5.41) is 10.5. The van der Waals surface area contributed by atoms with E-state index in [-0.39, 0.29) is 6.10 Å². The van der Waals surface area contributed by atoms with E-state index in [0.717, 1.165) is 12.8 Å². The summed E-state index contributed by atoms with van der Waals surface area (Å²) < 4.78 is 34.9. The Morgan fingerprint density at radius 3 is 2.00 bits per heavy atom. The number of rotatable bonds is 3. The molecule has 1 aliphatic carbocycles. The lowest BCUT2D eigenvalue weighted by Gasteiger charge is -2.59. The van der Waals surface area contributed by atoms with Crippen molar-refractivity contribution >= 4 is 0 Å². The second-order valence-electron chi connectivity index (χ2n) is 6.22. The summed E-state index contributed by atoms with van der Waals surface area (Å²) >= 11 is 0. The maximum Gasteiger partial charge on any atom is 0.223 e. The van der Waals surface area contributed by atoms with E-state index in [0.29, 0.717) is 12.8 Å². The van der Waals surface area contributed by atoms with Crippen LogP contribution in [0.2, 0.25) is 0 Å². The van der Waals surface area contributed by atoms with E-state index in [9.17, 15) is 5.11 Å². The Morgan fingerprint density at radius 1 is 0.955 bits per heavy atom. The molecule has 0 aromatic heterocycles. The normalized spacial score (nSPS) is 52.0. The largest absolute Gasteiger partial charge is 0.385 e. The van der Waals surface area contributed by atoms with Gasteiger partial charge in [0.1, 0.15) is 18.3 Å². The van der Waals surface area contributed by atoms with E-state index in [4.69, 9.17) is 28.4 Å². The minimum atomic E-state index is -1.02. The summed E-state index contributed by atoms with van der Waals surface area (Å²) in [5.74, 6) is -1.99. The Morgan fingerprint density at radius 2 is 1.50 bits per heavy atom. The van der Waals surface area contributed by atoms with Crippen molar-refractivity contribution in [1.29, 1.82) is 0 Å². The maximum atomic E-state index is 10.5. The lowest BCUT2D eigenvalue weighted by Crippen LogP contribution is -2.74. The Hall–Kier alpha value is -0.280. The quantitative estimate of drug-likeness (QED) is 0.824. The molecule has 2 saturated heterocycles. The summed E-state index contributed by atoms with van der Waals surface area (Å²) in [6.45, 7) is 1.88.